The smallest absolute Gasteiger partial charge is 0.207 e. The molecule has 0 bridgehead atoms. The SMILES string of the molecule is SC1(n2nnc3ccccc32)NCCS1. The van der Waals surface area contributed by atoms with Crippen molar-refractivity contribution in [1.29, 1.82) is 0 Å². The van der Waals surface area contributed by atoms with Gasteiger partial charge in [-0.1, -0.05) is 17.3 Å². The second-order valence-electron chi connectivity index (χ2n) is 3.37. The molecule has 0 aliphatic carbocycles. The molecule has 0 spiro atoms. The van der Waals surface area contributed by atoms with Crippen LogP contribution in [0.5, 0.6) is 0 Å². The lowest BCUT2D eigenvalue weighted by atomic mass is 10.3. The molecule has 0 amide bonds. The van der Waals surface area contributed by atoms with Gasteiger partial charge in [-0.15, -0.1) is 29.5 Å². The van der Waals surface area contributed by atoms with E-state index in [0.29, 0.717) is 0 Å². The molecule has 15 heavy (non-hydrogen) atoms. The van der Waals surface area contributed by atoms with Gasteiger partial charge in [0.05, 0.1) is 5.52 Å². The van der Waals surface area contributed by atoms with Crippen molar-refractivity contribution < 1.29 is 0 Å². The van der Waals surface area contributed by atoms with Gasteiger partial charge >= 0.3 is 0 Å². The van der Waals surface area contributed by atoms with Gasteiger partial charge in [-0.3, -0.25) is 5.32 Å². The van der Waals surface area contributed by atoms with E-state index in [-0.39, 0.29) is 0 Å². The normalized spacial score (nSPS) is 26.2. The van der Waals surface area contributed by atoms with Crippen molar-refractivity contribution in [2.45, 2.75) is 4.33 Å². The number of hydrogen-bond donors (Lipinski definition) is 2. The van der Waals surface area contributed by atoms with Gasteiger partial charge in [-0.05, 0) is 12.1 Å². The molecule has 1 aliphatic rings. The highest BCUT2D eigenvalue weighted by Gasteiger charge is 2.34. The van der Waals surface area contributed by atoms with Gasteiger partial charge in [-0.2, -0.15) is 0 Å². The maximum Gasteiger partial charge on any atom is 0.207 e. The fourth-order valence-corrected chi connectivity index (χ4v) is 3.17. The van der Waals surface area contributed by atoms with Gasteiger partial charge < -0.3 is 0 Å². The van der Waals surface area contributed by atoms with Crippen LogP contribution in [0.3, 0.4) is 0 Å². The number of thiol groups is 1. The Balaban J connectivity index is 2.18. The summed E-state index contributed by atoms with van der Waals surface area (Å²) in [5.74, 6) is 1.04. The fourth-order valence-electron chi connectivity index (χ4n) is 1.69. The summed E-state index contributed by atoms with van der Waals surface area (Å²) in [5.41, 5.74) is 1.91. The molecule has 0 radical (unpaired) electrons. The average Bonchev–Trinajstić information content (AvgIpc) is 2.84. The maximum atomic E-state index is 4.62. The molecule has 1 atom stereocenters. The van der Waals surface area contributed by atoms with Crippen LogP contribution in [0.15, 0.2) is 24.3 Å². The van der Waals surface area contributed by atoms with Gasteiger partial charge in [0, 0.05) is 12.3 Å². The second-order valence-corrected chi connectivity index (χ2v) is 5.61. The monoisotopic (exact) mass is 238 g/mol. The van der Waals surface area contributed by atoms with Crippen molar-refractivity contribution in [1.82, 2.24) is 20.3 Å². The molecule has 1 aliphatic heterocycles. The van der Waals surface area contributed by atoms with E-state index in [2.05, 4.69) is 28.3 Å². The molecular formula is C9H10N4S2. The Morgan fingerprint density at radius 2 is 2.33 bits per heavy atom. The van der Waals surface area contributed by atoms with Crippen molar-refractivity contribution in [3.8, 4) is 0 Å². The van der Waals surface area contributed by atoms with Gasteiger partial charge in [0.15, 0.2) is 0 Å². The molecule has 1 unspecified atom stereocenters. The highest BCUT2D eigenvalue weighted by Crippen LogP contribution is 2.36. The Bertz CT molecular complexity index is 490. The van der Waals surface area contributed by atoms with E-state index in [4.69, 9.17) is 0 Å². The first-order valence-corrected chi connectivity index (χ1v) is 6.15. The number of para-hydroxylation sites is 1. The van der Waals surface area contributed by atoms with Gasteiger partial charge in [0.25, 0.3) is 0 Å². The van der Waals surface area contributed by atoms with Crippen LogP contribution in [0.2, 0.25) is 0 Å². The summed E-state index contributed by atoms with van der Waals surface area (Å²) >= 11 is 6.36. The van der Waals surface area contributed by atoms with Crippen LogP contribution in [-0.4, -0.2) is 27.3 Å². The van der Waals surface area contributed by atoms with E-state index in [9.17, 15) is 0 Å². The highest BCUT2D eigenvalue weighted by molar-refractivity contribution is 8.10. The Labute approximate surface area is 96.8 Å². The topological polar surface area (TPSA) is 42.7 Å². The van der Waals surface area contributed by atoms with Crippen LogP contribution in [-0.2, 0) is 4.33 Å². The molecular weight excluding hydrogens is 228 g/mol. The fraction of sp³-hybridized carbons (Fsp3) is 0.333. The number of rotatable bonds is 1. The van der Waals surface area contributed by atoms with Crippen molar-refractivity contribution in [3.63, 3.8) is 0 Å². The predicted octanol–water partition coefficient (Wildman–Crippen LogP) is 1.27. The number of thioether (sulfide) groups is 1. The minimum absolute atomic E-state index is 0.448. The molecule has 3 rings (SSSR count). The molecule has 2 heterocycles. The maximum absolute atomic E-state index is 4.62. The van der Waals surface area contributed by atoms with E-state index >= 15 is 0 Å². The summed E-state index contributed by atoms with van der Waals surface area (Å²) in [6.45, 7) is 0.947. The molecule has 6 heteroatoms. The first kappa shape index (κ1) is 9.50. The minimum atomic E-state index is -0.448. The quantitative estimate of drug-likeness (QED) is 0.734. The lowest BCUT2D eigenvalue weighted by Crippen LogP contribution is -2.35. The first-order valence-electron chi connectivity index (χ1n) is 4.72. The van der Waals surface area contributed by atoms with Crippen LogP contribution in [0.25, 0.3) is 11.0 Å². The molecule has 1 saturated heterocycles. The molecule has 78 valence electrons. The van der Waals surface area contributed by atoms with E-state index in [1.165, 1.54) is 0 Å². The number of benzene rings is 1. The first-order chi connectivity index (χ1) is 7.30. The van der Waals surface area contributed by atoms with Crippen LogP contribution in [0.1, 0.15) is 0 Å². The third-order valence-corrected chi connectivity index (χ3v) is 4.26. The lowest BCUT2D eigenvalue weighted by Gasteiger charge is -2.22. The summed E-state index contributed by atoms with van der Waals surface area (Å²) in [6.07, 6.45) is 0. The zero-order valence-corrected chi connectivity index (χ0v) is 9.63. The Morgan fingerprint density at radius 3 is 3.13 bits per heavy atom. The van der Waals surface area contributed by atoms with Crippen LogP contribution >= 0.6 is 24.4 Å². The summed E-state index contributed by atoms with van der Waals surface area (Å²) in [5, 5.41) is 11.6. The molecule has 2 aromatic rings. The standard InChI is InChI=1S/C9H10N4S2/c14-9(10-5-6-15-9)13-8-4-2-1-3-7(8)11-12-13/h1-4,10,14H,5-6H2. The number of nitrogens with zero attached hydrogens (tertiary/aromatic N) is 3. The van der Waals surface area contributed by atoms with Crippen molar-refractivity contribution in [2.75, 3.05) is 12.3 Å². The summed E-state index contributed by atoms with van der Waals surface area (Å²) in [6, 6.07) is 7.91. The molecule has 1 aromatic heterocycles. The highest BCUT2D eigenvalue weighted by atomic mass is 32.2. The molecule has 1 N–H and O–H groups in total. The van der Waals surface area contributed by atoms with E-state index in [1.807, 2.05) is 28.9 Å². The molecule has 4 nitrogen and oxygen atoms in total. The third kappa shape index (κ3) is 1.44. The summed E-state index contributed by atoms with van der Waals surface area (Å²) in [7, 11) is 0. The van der Waals surface area contributed by atoms with Crippen molar-refractivity contribution in [2.24, 2.45) is 0 Å². The average molecular weight is 238 g/mol. The van der Waals surface area contributed by atoms with Crippen LogP contribution in [0, 0.1) is 0 Å². The minimum Gasteiger partial charge on any atom is -0.275 e. The van der Waals surface area contributed by atoms with Gasteiger partial charge in [0.1, 0.15) is 5.52 Å². The number of hydrogen-bond acceptors (Lipinski definition) is 5. The Kier molecular flexibility index (Phi) is 2.15. The van der Waals surface area contributed by atoms with Crippen LogP contribution in [0.4, 0.5) is 0 Å². The zero-order chi connectivity index (χ0) is 10.3. The zero-order valence-electron chi connectivity index (χ0n) is 7.92. The molecule has 1 fully saturated rings. The van der Waals surface area contributed by atoms with E-state index < -0.39 is 4.33 Å². The second kappa shape index (κ2) is 3.40. The predicted molar refractivity (Wildman–Crippen MR) is 64.9 cm³/mol. The van der Waals surface area contributed by atoms with E-state index in [1.54, 1.807) is 11.8 Å². The van der Waals surface area contributed by atoms with Crippen molar-refractivity contribution in [3.05, 3.63) is 24.3 Å². The van der Waals surface area contributed by atoms with E-state index in [0.717, 1.165) is 23.3 Å². The van der Waals surface area contributed by atoms with Gasteiger partial charge in [0.2, 0.25) is 4.33 Å². The van der Waals surface area contributed by atoms with Crippen LogP contribution < -0.4 is 5.32 Å². The third-order valence-electron chi connectivity index (χ3n) is 2.40. The molecule has 1 aromatic carbocycles. The Hall–Kier alpha value is -0.720. The summed E-state index contributed by atoms with van der Waals surface area (Å²) in [4.78, 5) is 0. The molecule has 0 saturated carbocycles. The lowest BCUT2D eigenvalue weighted by molar-refractivity contribution is 0.488. The number of nitrogens with one attached hydrogen (secondary N) is 1. The van der Waals surface area contributed by atoms with Gasteiger partial charge in [-0.25, -0.2) is 4.68 Å². The van der Waals surface area contributed by atoms with Crippen molar-refractivity contribution >= 4 is 35.4 Å². The largest absolute Gasteiger partial charge is 0.275 e. The Morgan fingerprint density at radius 1 is 1.47 bits per heavy atom. The number of fused-ring (bicyclic) bond motifs is 1. The summed E-state index contributed by atoms with van der Waals surface area (Å²) < 4.78 is 1.39. The number of aromatic nitrogens is 3.